The van der Waals surface area contributed by atoms with Crippen LogP contribution in [0.1, 0.15) is 35.5 Å². The van der Waals surface area contributed by atoms with Gasteiger partial charge < -0.3 is 4.98 Å². The SMILES string of the molecule is Cc1[nH]cnc1CN1c2ccccc2CC(S(=O)(=O)c2ccc(F)cc2)CN1C(C)c1ccccc1. The summed E-state index contributed by atoms with van der Waals surface area (Å²) < 4.78 is 41.3. The average molecular weight is 505 g/mol. The Morgan fingerprint density at radius 2 is 1.72 bits per heavy atom. The van der Waals surface area contributed by atoms with Crippen LogP contribution < -0.4 is 5.01 Å². The number of hydrogen-bond acceptors (Lipinski definition) is 5. The van der Waals surface area contributed by atoms with Crippen LogP contribution in [0.15, 0.2) is 90.1 Å². The van der Waals surface area contributed by atoms with Gasteiger partial charge in [0.05, 0.1) is 40.4 Å². The summed E-state index contributed by atoms with van der Waals surface area (Å²) in [7, 11) is -3.74. The fourth-order valence-corrected chi connectivity index (χ4v) is 6.50. The molecule has 2 heterocycles. The third kappa shape index (κ3) is 4.66. The van der Waals surface area contributed by atoms with Crippen LogP contribution in [0.2, 0.25) is 0 Å². The maximum absolute atomic E-state index is 13.9. The molecule has 0 saturated heterocycles. The molecule has 8 heteroatoms. The number of halogens is 1. The number of para-hydroxylation sites is 1. The van der Waals surface area contributed by atoms with Crippen LogP contribution in [0.25, 0.3) is 0 Å². The molecule has 0 bridgehead atoms. The summed E-state index contributed by atoms with van der Waals surface area (Å²) in [5.74, 6) is -0.458. The first-order chi connectivity index (χ1) is 17.3. The molecule has 1 aliphatic rings. The molecular formula is C28H29FN4O2S. The van der Waals surface area contributed by atoms with E-state index in [-0.39, 0.29) is 17.5 Å². The van der Waals surface area contributed by atoms with Gasteiger partial charge in [-0.05, 0) is 61.7 Å². The van der Waals surface area contributed by atoms with Crippen LogP contribution in [0.4, 0.5) is 10.1 Å². The summed E-state index contributed by atoms with van der Waals surface area (Å²) in [6.07, 6.45) is 2.03. The molecule has 0 saturated carbocycles. The first-order valence-electron chi connectivity index (χ1n) is 12.0. The van der Waals surface area contributed by atoms with Gasteiger partial charge in [-0.25, -0.2) is 22.8 Å². The molecule has 186 valence electrons. The molecule has 6 nitrogen and oxygen atoms in total. The zero-order valence-electron chi connectivity index (χ0n) is 20.3. The van der Waals surface area contributed by atoms with E-state index < -0.39 is 20.9 Å². The van der Waals surface area contributed by atoms with Crippen molar-refractivity contribution in [3.63, 3.8) is 0 Å². The lowest BCUT2D eigenvalue weighted by atomic mass is 10.1. The zero-order chi connectivity index (χ0) is 25.3. The van der Waals surface area contributed by atoms with Crippen molar-refractivity contribution >= 4 is 15.5 Å². The smallest absolute Gasteiger partial charge is 0.182 e. The first-order valence-corrected chi connectivity index (χ1v) is 13.5. The molecule has 0 fully saturated rings. The minimum absolute atomic E-state index is 0.109. The fraction of sp³-hybridized carbons (Fsp3) is 0.250. The zero-order valence-corrected chi connectivity index (χ0v) is 21.1. The Morgan fingerprint density at radius 3 is 2.42 bits per heavy atom. The van der Waals surface area contributed by atoms with Crippen LogP contribution in [0.3, 0.4) is 0 Å². The number of rotatable bonds is 6. The number of anilines is 1. The van der Waals surface area contributed by atoms with Crippen LogP contribution in [-0.4, -0.2) is 35.2 Å². The largest absolute Gasteiger partial charge is 0.348 e. The van der Waals surface area contributed by atoms with Gasteiger partial charge in [-0.15, -0.1) is 0 Å². The van der Waals surface area contributed by atoms with Gasteiger partial charge in [-0.3, -0.25) is 5.01 Å². The van der Waals surface area contributed by atoms with Crippen molar-refractivity contribution in [2.24, 2.45) is 0 Å². The lowest BCUT2D eigenvalue weighted by molar-refractivity contribution is 0.188. The van der Waals surface area contributed by atoms with Crippen LogP contribution in [-0.2, 0) is 22.8 Å². The third-order valence-electron chi connectivity index (χ3n) is 6.96. The Morgan fingerprint density at radius 1 is 1.03 bits per heavy atom. The standard InChI is InChI=1S/C28H29FN4O2S/c1-20-27(31-19-30-20)18-33-28-11-7-6-10-23(28)16-26(36(34,35)25-14-12-24(29)13-15-25)17-32(33)21(2)22-8-4-3-5-9-22/h3-15,19,21,26H,16-18H2,1-2H3,(H,30,31). The molecule has 36 heavy (non-hydrogen) atoms. The van der Waals surface area contributed by atoms with E-state index in [1.807, 2.05) is 49.4 Å². The lowest BCUT2D eigenvalue weighted by Gasteiger charge is -2.40. The van der Waals surface area contributed by atoms with Gasteiger partial charge in [0, 0.05) is 12.2 Å². The molecule has 1 aliphatic heterocycles. The van der Waals surface area contributed by atoms with Crippen LogP contribution >= 0.6 is 0 Å². The quantitative estimate of drug-likeness (QED) is 0.364. The average Bonchev–Trinajstić information content (AvgIpc) is 3.21. The highest BCUT2D eigenvalue weighted by Crippen LogP contribution is 2.36. The number of hydrogen-bond donors (Lipinski definition) is 1. The summed E-state index contributed by atoms with van der Waals surface area (Å²) in [6, 6.07) is 23.0. The first kappa shape index (κ1) is 24.2. The van der Waals surface area contributed by atoms with Crippen molar-refractivity contribution < 1.29 is 12.8 Å². The third-order valence-corrected chi connectivity index (χ3v) is 9.08. The second-order valence-electron chi connectivity index (χ2n) is 9.19. The molecule has 0 radical (unpaired) electrons. The molecule has 5 rings (SSSR count). The highest BCUT2D eigenvalue weighted by atomic mass is 32.2. The van der Waals surface area contributed by atoms with Gasteiger partial charge in [-0.2, -0.15) is 0 Å². The maximum atomic E-state index is 13.9. The second-order valence-corrected chi connectivity index (χ2v) is 11.4. The van der Waals surface area contributed by atoms with E-state index in [1.54, 1.807) is 6.33 Å². The molecule has 3 aromatic carbocycles. The highest BCUT2D eigenvalue weighted by Gasteiger charge is 2.38. The van der Waals surface area contributed by atoms with Gasteiger partial charge in [-0.1, -0.05) is 48.5 Å². The number of fused-ring (bicyclic) bond motifs is 1. The van der Waals surface area contributed by atoms with Crippen LogP contribution in [0, 0.1) is 12.7 Å². The molecule has 4 aromatic rings. The predicted octanol–water partition coefficient (Wildman–Crippen LogP) is 5.24. The van der Waals surface area contributed by atoms with Crippen molar-refractivity contribution in [1.29, 1.82) is 0 Å². The van der Waals surface area contributed by atoms with E-state index in [9.17, 15) is 12.8 Å². The number of nitrogens with zero attached hydrogens (tertiary/aromatic N) is 3. The lowest BCUT2D eigenvalue weighted by Crippen LogP contribution is -2.48. The van der Waals surface area contributed by atoms with E-state index in [1.165, 1.54) is 24.3 Å². The van der Waals surface area contributed by atoms with Crippen molar-refractivity contribution in [3.8, 4) is 0 Å². The van der Waals surface area contributed by atoms with Crippen molar-refractivity contribution in [3.05, 3.63) is 114 Å². The van der Waals surface area contributed by atoms with Gasteiger partial charge in [0.2, 0.25) is 0 Å². The second kappa shape index (κ2) is 9.87. The molecule has 0 aliphatic carbocycles. The van der Waals surface area contributed by atoms with Gasteiger partial charge in [0.15, 0.2) is 9.84 Å². The normalized spacial score (nSPS) is 17.4. The predicted molar refractivity (Wildman–Crippen MR) is 139 cm³/mol. The Hall–Kier alpha value is -3.49. The Balaban J connectivity index is 1.63. The Bertz CT molecular complexity index is 1440. The molecule has 1 aromatic heterocycles. The number of aromatic amines is 1. The fourth-order valence-electron chi connectivity index (χ4n) is 4.85. The van der Waals surface area contributed by atoms with E-state index in [0.717, 1.165) is 28.2 Å². The minimum Gasteiger partial charge on any atom is -0.348 e. The molecule has 2 atom stereocenters. The van der Waals surface area contributed by atoms with Crippen LogP contribution in [0.5, 0.6) is 0 Å². The number of hydrazine groups is 1. The molecule has 0 amide bonds. The summed E-state index contributed by atoms with van der Waals surface area (Å²) >= 11 is 0. The minimum atomic E-state index is -3.74. The van der Waals surface area contributed by atoms with E-state index in [0.29, 0.717) is 13.0 Å². The van der Waals surface area contributed by atoms with Gasteiger partial charge in [0.25, 0.3) is 0 Å². The van der Waals surface area contributed by atoms with Crippen molar-refractivity contribution in [2.45, 2.75) is 43.0 Å². The van der Waals surface area contributed by atoms with E-state index in [4.69, 9.17) is 0 Å². The highest BCUT2D eigenvalue weighted by molar-refractivity contribution is 7.92. The summed E-state index contributed by atoms with van der Waals surface area (Å²) in [4.78, 5) is 7.81. The molecule has 2 unspecified atom stereocenters. The number of aryl methyl sites for hydroxylation is 1. The Labute approximate surface area is 211 Å². The van der Waals surface area contributed by atoms with Gasteiger partial charge in [0.1, 0.15) is 5.82 Å². The summed E-state index contributed by atoms with van der Waals surface area (Å²) in [5.41, 5.74) is 4.86. The van der Waals surface area contributed by atoms with E-state index >= 15 is 0 Å². The number of imidazole rings is 1. The molecule has 0 spiro atoms. The topological polar surface area (TPSA) is 69.3 Å². The monoisotopic (exact) mass is 504 g/mol. The van der Waals surface area contributed by atoms with Crippen molar-refractivity contribution in [2.75, 3.05) is 11.6 Å². The molecular weight excluding hydrogens is 475 g/mol. The molecule has 1 N–H and O–H groups in total. The number of benzene rings is 3. The Kier molecular flexibility index (Phi) is 6.64. The van der Waals surface area contributed by atoms with E-state index in [2.05, 4.69) is 39.0 Å². The summed E-state index contributed by atoms with van der Waals surface area (Å²) in [5, 5.41) is 3.58. The van der Waals surface area contributed by atoms with Gasteiger partial charge >= 0.3 is 0 Å². The number of sulfone groups is 1. The van der Waals surface area contributed by atoms with Crippen molar-refractivity contribution in [1.82, 2.24) is 15.0 Å². The number of nitrogens with one attached hydrogen (secondary N) is 1. The maximum Gasteiger partial charge on any atom is 0.182 e. The summed E-state index contributed by atoms with van der Waals surface area (Å²) in [6.45, 7) is 4.84. The number of aromatic nitrogens is 2. The number of H-pyrrole nitrogens is 1.